The molecule has 2 aromatic heterocycles. The molecule has 1 atom stereocenters. The lowest BCUT2D eigenvalue weighted by atomic mass is 9.86. The van der Waals surface area contributed by atoms with Crippen LogP contribution in [0.2, 0.25) is 0 Å². The molecule has 1 unspecified atom stereocenters. The van der Waals surface area contributed by atoms with E-state index in [-0.39, 0.29) is 11.1 Å². The molecule has 0 fully saturated rings. The number of nitrogens with one attached hydrogen (secondary N) is 1. The molecule has 0 amide bonds. The van der Waals surface area contributed by atoms with Crippen molar-refractivity contribution in [2.24, 2.45) is 0 Å². The zero-order chi connectivity index (χ0) is 21.5. The number of hydrogen-bond acceptors (Lipinski definition) is 3. The summed E-state index contributed by atoms with van der Waals surface area (Å²) in [6.45, 7) is 0. The van der Waals surface area contributed by atoms with Gasteiger partial charge in [-0.15, -0.1) is 0 Å². The molecule has 154 valence electrons. The third-order valence-electron chi connectivity index (χ3n) is 6.10. The van der Waals surface area contributed by atoms with Crippen molar-refractivity contribution >= 4 is 27.6 Å². The lowest BCUT2D eigenvalue weighted by molar-refractivity contribution is 0.661. The van der Waals surface area contributed by atoms with Gasteiger partial charge >= 0.3 is 0 Å². The van der Waals surface area contributed by atoms with Crippen LogP contribution in [0.1, 0.15) is 23.5 Å². The highest BCUT2D eigenvalue weighted by Crippen LogP contribution is 2.34. The first-order valence-corrected chi connectivity index (χ1v) is 10.7. The van der Waals surface area contributed by atoms with Crippen molar-refractivity contribution in [3.05, 3.63) is 119 Å². The molecule has 5 aromatic rings. The number of furan rings is 1. The van der Waals surface area contributed by atoms with Crippen molar-refractivity contribution in [2.75, 3.05) is 0 Å². The maximum atomic E-state index is 12.0. The number of aromatic amines is 1. The van der Waals surface area contributed by atoms with Crippen LogP contribution in [0.3, 0.4) is 0 Å². The highest BCUT2D eigenvalue weighted by atomic mass is 16.3. The van der Waals surface area contributed by atoms with Gasteiger partial charge in [0.05, 0.1) is 6.33 Å². The molecule has 6 rings (SSSR count). The predicted molar refractivity (Wildman–Crippen MR) is 128 cm³/mol. The van der Waals surface area contributed by atoms with E-state index < -0.39 is 0 Å². The first-order chi connectivity index (χ1) is 15.8. The zero-order valence-corrected chi connectivity index (χ0v) is 17.3. The fourth-order valence-corrected chi connectivity index (χ4v) is 4.43. The Morgan fingerprint density at radius 2 is 1.69 bits per heavy atom. The summed E-state index contributed by atoms with van der Waals surface area (Å²) in [5, 5.41) is 0.854. The number of hydrogen-bond donors (Lipinski definition) is 1. The molecular formula is C28H20N2O2. The fraction of sp³-hybridized carbons (Fsp3) is 0.0714. The summed E-state index contributed by atoms with van der Waals surface area (Å²) in [4.78, 5) is 18.9. The van der Waals surface area contributed by atoms with Gasteiger partial charge in [0, 0.05) is 11.3 Å². The number of rotatable bonds is 3. The molecule has 3 aromatic carbocycles. The minimum absolute atomic E-state index is 0.261. The standard InChI is InChI=1S/C28H20N2O2/c31-28-27-26(29-17-30-28)24-16-23(13-14-25(24)32-27)22-8-4-7-21(15-22)20-11-9-19(10-12-20)18-5-2-1-3-6-18/h1-6,8-17,21H,7H2,(H,29,30,31). The van der Waals surface area contributed by atoms with E-state index in [0.29, 0.717) is 17.0 Å². The SMILES string of the molecule is O=c1[nH]cnc2c1oc1ccc(C3=CC(c4ccc(-c5ccccc5)cc4)CC=C3)cc12. The second-order valence-corrected chi connectivity index (χ2v) is 8.08. The van der Waals surface area contributed by atoms with Crippen LogP contribution in [-0.4, -0.2) is 9.97 Å². The first kappa shape index (κ1) is 18.6. The van der Waals surface area contributed by atoms with Gasteiger partial charge in [0.1, 0.15) is 11.1 Å². The van der Waals surface area contributed by atoms with Crippen molar-refractivity contribution in [3.8, 4) is 11.1 Å². The molecule has 0 aliphatic heterocycles. The van der Waals surface area contributed by atoms with E-state index in [1.807, 2.05) is 18.2 Å². The Labute approximate surface area is 184 Å². The van der Waals surface area contributed by atoms with Crippen LogP contribution >= 0.6 is 0 Å². The second-order valence-electron chi connectivity index (χ2n) is 8.08. The maximum Gasteiger partial charge on any atom is 0.294 e. The molecule has 1 N–H and O–H groups in total. The van der Waals surface area contributed by atoms with E-state index in [2.05, 4.69) is 82.8 Å². The summed E-state index contributed by atoms with van der Waals surface area (Å²) in [5.74, 6) is 0.317. The van der Waals surface area contributed by atoms with Gasteiger partial charge in [-0.25, -0.2) is 4.98 Å². The number of nitrogens with zero attached hydrogens (tertiary/aromatic N) is 1. The van der Waals surface area contributed by atoms with Gasteiger partial charge in [-0.2, -0.15) is 0 Å². The average Bonchev–Trinajstić information content (AvgIpc) is 3.24. The Morgan fingerprint density at radius 3 is 2.53 bits per heavy atom. The van der Waals surface area contributed by atoms with Gasteiger partial charge in [0.25, 0.3) is 5.56 Å². The number of benzene rings is 3. The van der Waals surface area contributed by atoms with Crippen molar-refractivity contribution < 1.29 is 4.42 Å². The minimum Gasteiger partial charge on any atom is -0.449 e. The van der Waals surface area contributed by atoms with Crippen molar-refractivity contribution in [3.63, 3.8) is 0 Å². The Bertz CT molecular complexity index is 1550. The normalized spacial score (nSPS) is 15.9. The molecule has 32 heavy (non-hydrogen) atoms. The van der Waals surface area contributed by atoms with Gasteiger partial charge in [-0.05, 0) is 46.4 Å². The Balaban J connectivity index is 1.35. The summed E-state index contributed by atoms with van der Waals surface area (Å²) < 4.78 is 5.72. The highest BCUT2D eigenvalue weighted by molar-refractivity contribution is 6.03. The monoisotopic (exact) mass is 416 g/mol. The van der Waals surface area contributed by atoms with Crippen LogP contribution in [0.4, 0.5) is 0 Å². The van der Waals surface area contributed by atoms with E-state index in [0.717, 1.165) is 22.9 Å². The lowest BCUT2D eigenvalue weighted by Crippen LogP contribution is -2.03. The van der Waals surface area contributed by atoms with Crippen LogP contribution in [0, 0.1) is 0 Å². The first-order valence-electron chi connectivity index (χ1n) is 10.7. The van der Waals surface area contributed by atoms with E-state index in [1.165, 1.54) is 23.0 Å². The Morgan fingerprint density at radius 1 is 0.906 bits per heavy atom. The summed E-state index contributed by atoms with van der Waals surface area (Å²) >= 11 is 0. The van der Waals surface area contributed by atoms with Crippen LogP contribution in [0.5, 0.6) is 0 Å². The van der Waals surface area contributed by atoms with Gasteiger partial charge in [-0.3, -0.25) is 4.79 Å². The molecule has 0 bridgehead atoms. The topological polar surface area (TPSA) is 58.9 Å². The number of fused-ring (bicyclic) bond motifs is 3. The van der Waals surface area contributed by atoms with E-state index >= 15 is 0 Å². The third kappa shape index (κ3) is 3.17. The second kappa shape index (κ2) is 7.50. The van der Waals surface area contributed by atoms with E-state index in [4.69, 9.17) is 4.42 Å². The molecule has 0 saturated carbocycles. The summed E-state index contributed by atoms with van der Waals surface area (Å²) in [6.07, 6.45) is 9.11. The summed E-state index contributed by atoms with van der Waals surface area (Å²) in [7, 11) is 0. The van der Waals surface area contributed by atoms with E-state index in [1.54, 1.807) is 0 Å². The lowest BCUT2D eigenvalue weighted by Gasteiger charge is -2.18. The smallest absolute Gasteiger partial charge is 0.294 e. The maximum absolute atomic E-state index is 12.0. The predicted octanol–water partition coefficient (Wildman–Crippen LogP) is 6.46. The quantitative estimate of drug-likeness (QED) is 0.367. The molecule has 0 saturated heterocycles. The molecule has 0 radical (unpaired) electrons. The zero-order valence-electron chi connectivity index (χ0n) is 17.3. The molecule has 2 heterocycles. The molecule has 0 spiro atoms. The summed E-state index contributed by atoms with van der Waals surface area (Å²) in [5.41, 5.74) is 7.28. The number of H-pyrrole nitrogens is 1. The van der Waals surface area contributed by atoms with Crippen LogP contribution in [0.25, 0.3) is 38.8 Å². The largest absolute Gasteiger partial charge is 0.449 e. The van der Waals surface area contributed by atoms with Crippen LogP contribution < -0.4 is 5.56 Å². The molecule has 1 aliphatic rings. The number of allylic oxidation sites excluding steroid dienone is 4. The van der Waals surface area contributed by atoms with Crippen molar-refractivity contribution in [1.82, 2.24) is 9.97 Å². The average molecular weight is 416 g/mol. The third-order valence-corrected chi connectivity index (χ3v) is 6.10. The summed E-state index contributed by atoms with van der Waals surface area (Å²) in [6, 6.07) is 25.3. The minimum atomic E-state index is -0.261. The van der Waals surface area contributed by atoms with Crippen LogP contribution in [-0.2, 0) is 0 Å². The van der Waals surface area contributed by atoms with Crippen LogP contribution in [0.15, 0.2) is 107 Å². The van der Waals surface area contributed by atoms with E-state index in [9.17, 15) is 4.79 Å². The molecule has 4 heteroatoms. The van der Waals surface area contributed by atoms with Gasteiger partial charge in [0.2, 0.25) is 5.58 Å². The molecular weight excluding hydrogens is 396 g/mol. The molecule has 4 nitrogen and oxygen atoms in total. The number of aromatic nitrogens is 2. The molecule has 1 aliphatic carbocycles. The van der Waals surface area contributed by atoms with Crippen molar-refractivity contribution in [1.29, 1.82) is 0 Å². The Kier molecular flexibility index (Phi) is 4.36. The Hall–Kier alpha value is -4.18. The van der Waals surface area contributed by atoms with Gasteiger partial charge in [-0.1, -0.05) is 78.9 Å². The highest BCUT2D eigenvalue weighted by Gasteiger charge is 2.16. The van der Waals surface area contributed by atoms with Gasteiger partial charge < -0.3 is 9.40 Å². The van der Waals surface area contributed by atoms with Crippen molar-refractivity contribution in [2.45, 2.75) is 12.3 Å². The fourth-order valence-electron chi connectivity index (χ4n) is 4.43. The van der Waals surface area contributed by atoms with Gasteiger partial charge in [0.15, 0.2) is 0 Å².